The van der Waals surface area contributed by atoms with Crippen LogP contribution in [0, 0.1) is 0 Å². The smallest absolute Gasteiger partial charge is 0.311 e. The highest BCUT2D eigenvalue weighted by molar-refractivity contribution is 6.87. The van der Waals surface area contributed by atoms with E-state index in [1.54, 1.807) is 0 Å². The van der Waals surface area contributed by atoms with Gasteiger partial charge in [0.15, 0.2) is 16.6 Å². The molecule has 1 heterocycles. The van der Waals surface area contributed by atoms with Crippen molar-refractivity contribution >= 4 is 25.2 Å². The Kier molecular flexibility index (Phi) is 6.68. The van der Waals surface area contributed by atoms with Crippen LogP contribution in [0.1, 0.15) is 19.3 Å². The highest BCUT2D eigenvalue weighted by Crippen LogP contribution is 2.24. The lowest BCUT2D eigenvalue weighted by Crippen LogP contribution is -2.51. The molecule has 0 bridgehead atoms. The van der Waals surface area contributed by atoms with Gasteiger partial charge in [0.05, 0.1) is 0 Å². The number of hydrogen-bond acceptors (Lipinski definition) is 3. The number of hydrogen-bond donors (Lipinski definition) is 0. The Morgan fingerprint density at radius 1 is 0.850 bits per heavy atom. The van der Waals surface area contributed by atoms with Crippen LogP contribution in [0.3, 0.4) is 0 Å². The summed E-state index contributed by atoms with van der Waals surface area (Å²) in [6, 6.07) is 1.26. The van der Waals surface area contributed by atoms with Crippen molar-refractivity contribution in [2.45, 2.75) is 71.1 Å². The summed E-state index contributed by atoms with van der Waals surface area (Å²) in [5, 5.41) is 0. The largest absolute Gasteiger partial charge is 0.437 e. The maximum Gasteiger partial charge on any atom is 0.311 e. The molecule has 0 N–H and O–H groups in total. The van der Waals surface area contributed by atoms with Crippen LogP contribution in [-0.4, -0.2) is 49.7 Å². The molecule has 3 nitrogen and oxygen atoms in total. The quantitative estimate of drug-likeness (QED) is 0.620. The average molecular weight is 334 g/mol. The van der Waals surface area contributed by atoms with Crippen LogP contribution in [0.25, 0.3) is 0 Å². The molecule has 120 valence electrons. The molecule has 0 amide bonds. The van der Waals surface area contributed by atoms with E-state index in [2.05, 4.69) is 50.7 Å². The molecule has 0 saturated carbocycles. The first-order valence-corrected chi connectivity index (χ1v) is 17.5. The maximum absolute atomic E-state index is 6.54. The van der Waals surface area contributed by atoms with E-state index < -0.39 is 25.2 Å². The molecule has 1 rings (SSSR count). The molecule has 1 aliphatic heterocycles. The Morgan fingerprint density at radius 2 is 1.40 bits per heavy atom. The fraction of sp³-hybridized carbons (Fsp3) is 1.00. The third kappa shape index (κ3) is 8.09. The van der Waals surface area contributed by atoms with Gasteiger partial charge in [-0.3, -0.25) is 0 Å². The maximum atomic E-state index is 6.54. The zero-order chi connectivity index (χ0) is 15.4. The van der Waals surface area contributed by atoms with Crippen LogP contribution in [0.15, 0.2) is 0 Å². The lowest BCUT2D eigenvalue weighted by molar-refractivity contribution is 0.335. The summed E-state index contributed by atoms with van der Waals surface area (Å²) in [5.74, 6) is 0. The van der Waals surface area contributed by atoms with Crippen molar-refractivity contribution in [1.82, 2.24) is 4.90 Å². The summed E-state index contributed by atoms with van der Waals surface area (Å²) in [6.45, 7) is 19.8. The second-order valence-corrected chi connectivity index (χ2v) is 20.8. The molecule has 0 aromatic carbocycles. The molecule has 1 aliphatic rings. The highest BCUT2D eigenvalue weighted by Gasteiger charge is 2.37. The van der Waals surface area contributed by atoms with E-state index in [4.69, 9.17) is 8.23 Å². The lowest BCUT2D eigenvalue weighted by atomic mass is 10.4. The van der Waals surface area contributed by atoms with E-state index in [0.29, 0.717) is 0 Å². The first-order chi connectivity index (χ1) is 8.99. The summed E-state index contributed by atoms with van der Waals surface area (Å²) < 4.78 is 12.9. The second kappa shape index (κ2) is 7.19. The first kappa shape index (κ1) is 18.6. The van der Waals surface area contributed by atoms with Crippen LogP contribution < -0.4 is 0 Å². The van der Waals surface area contributed by atoms with Gasteiger partial charge in [-0.15, -0.1) is 0 Å². The van der Waals surface area contributed by atoms with Crippen LogP contribution in [0.4, 0.5) is 0 Å². The van der Waals surface area contributed by atoms with Crippen molar-refractivity contribution in [1.29, 1.82) is 0 Å². The van der Waals surface area contributed by atoms with E-state index in [0.717, 1.165) is 0 Å². The van der Waals surface area contributed by atoms with Crippen LogP contribution in [0.5, 0.6) is 0 Å². The zero-order valence-electron chi connectivity index (χ0n) is 14.7. The summed E-state index contributed by atoms with van der Waals surface area (Å²) in [5.41, 5.74) is 0. The van der Waals surface area contributed by atoms with Gasteiger partial charge in [-0.1, -0.05) is 0 Å². The van der Waals surface area contributed by atoms with E-state index >= 15 is 0 Å². The van der Waals surface area contributed by atoms with Gasteiger partial charge in [-0.05, 0) is 90.8 Å². The Hall–Kier alpha value is 0.531. The summed E-state index contributed by atoms with van der Waals surface area (Å²) in [4.78, 5) is 2.60. The lowest BCUT2D eigenvalue weighted by Gasteiger charge is -2.37. The van der Waals surface area contributed by atoms with Crippen molar-refractivity contribution in [3.8, 4) is 0 Å². The Balaban J connectivity index is 2.35. The minimum Gasteiger partial charge on any atom is -0.437 e. The molecular weight excluding hydrogens is 298 g/mol. The van der Waals surface area contributed by atoms with Gasteiger partial charge in [0.1, 0.15) is 0 Å². The Labute approximate surface area is 129 Å². The zero-order valence-corrected chi connectivity index (χ0v) is 17.7. The molecule has 20 heavy (non-hydrogen) atoms. The van der Waals surface area contributed by atoms with E-state index in [1.807, 2.05) is 0 Å². The van der Waals surface area contributed by atoms with Crippen molar-refractivity contribution < 1.29 is 8.23 Å². The molecule has 1 fully saturated rings. The predicted molar refractivity (Wildman–Crippen MR) is 95.6 cm³/mol. The molecule has 6 heteroatoms. The van der Waals surface area contributed by atoms with Crippen LogP contribution in [-0.2, 0) is 8.23 Å². The summed E-state index contributed by atoms with van der Waals surface area (Å²) >= 11 is 0. The van der Waals surface area contributed by atoms with Gasteiger partial charge >= 0.3 is 8.56 Å². The molecule has 0 atom stereocenters. The normalized spacial score (nSPS) is 18.8. The molecule has 1 saturated heterocycles. The van der Waals surface area contributed by atoms with Gasteiger partial charge < -0.3 is 13.1 Å². The first-order valence-electron chi connectivity index (χ1n) is 8.12. The van der Waals surface area contributed by atoms with Crippen molar-refractivity contribution in [3.63, 3.8) is 0 Å². The van der Waals surface area contributed by atoms with Gasteiger partial charge in [0.2, 0.25) is 0 Å². The predicted octanol–water partition coefficient (Wildman–Crippen LogP) is 4.25. The molecule has 0 radical (unpaired) electrons. The van der Waals surface area contributed by atoms with Gasteiger partial charge in [-0.2, -0.15) is 0 Å². The summed E-state index contributed by atoms with van der Waals surface area (Å²) in [6.07, 6.45) is 4.07. The van der Waals surface area contributed by atoms with Gasteiger partial charge in [0.25, 0.3) is 0 Å². The molecule has 0 unspecified atom stereocenters. The summed E-state index contributed by atoms with van der Waals surface area (Å²) in [7, 11) is -5.02. The second-order valence-electron chi connectivity index (χ2n) is 8.13. The van der Waals surface area contributed by atoms with Crippen molar-refractivity contribution in [3.05, 3.63) is 0 Å². The monoisotopic (exact) mass is 333 g/mol. The third-order valence-electron chi connectivity index (χ3n) is 3.53. The third-order valence-corrected chi connectivity index (χ3v) is 13.7. The number of rotatable bonds is 8. The number of nitrogens with zero attached hydrogens (tertiary/aromatic N) is 1. The fourth-order valence-corrected chi connectivity index (χ4v) is 16.4. The topological polar surface area (TPSA) is 21.7 Å². The molecular formula is C14H35NO2Si3. The van der Waals surface area contributed by atoms with E-state index in [1.165, 1.54) is 44.9 Å². The van der Waals surface area contributed by atoms with E-state index in [9.17, 15) is 0 Å². The average Bonchev–Trinajstić information content (AvgIpc) is 2.63. The van der Waals surface area contributed by atoms with Gasteiger partial charge in [-0.25, -0.2) is 0 Å². The van der Waals surface area contributed by atoms with Crippen molar-refractivity contribution in [2.24, 2.45) is 0 Å². The Bertz CT molecular complexity index is 297. The van der Waals surface area contributed by atoms with Crippen LogP contribution in [0.2, 0.25) is 51.9 Å². The van der Waals surface area contributed by atoms with Gasteiger partial charge in [0, 0.05) is 0 Å². The standard InChI is InChI=1S/C14H35NO2Si3/c1-18(2,3)16-20(6,7)17-19(4,5)14-10-13-15-11-8-9-12-15/h8-14H2,1-7H3. The molecule has 0 aromatic heterocycles. The minimum atomic E-state index is -1.95. The van der Waals surface area contributed by atoms with Crippen molar-refractivity contribution in [2.75, 3.05) is 19.6 Å². The molecule has 0 spiro atoms. The minimum absolute atomic E-state index is 1.26. The molecule has 0 aromatic rings. The SMILES string of the molecule is C[Si](C)(C)O[Si](C)(C)O[Si](C)(C)CCCN1CCCC1. The Morgan fingerprint density at radius 3 is 1.90 bits per heavy atom. The van der Waals surface area contributed by atoms with Crippen LogP contribution >= 0.6 is 0 Å². The van der Waals surface area contributed by atoms with E-state index in [-0.39, 0.29) is 0 Å². The number of likely N-dealkylation sites (tertiary alicyclic amines) is 1. The molecule has 0 aliphatic carbocycles. The highest BCUT2D eigenvalue weighted by atomic mass is 28.5. The fourth-order valence-electron chi connectivity index (χ4n) is 3.21.